The Labute approximate surface area is 196 Å². The molecule has 1 aromatic heterocycles. The van der Waals surface area contributed by atoms with Crippen molar-refractivity contribution in [1.29, 1.82) is 0 Å². The van der Waals surface area contributed by atoms with Gasteiger partial charge in [-0.05, 0) is 37.8 Å². The van der Waals surface area contributed by atoms with Crippen molar-refractivity contribution in [3.63, 3.8) is 0 Å². The molecule has 3 heterocycles. The Bertz CT molecular complexity index is 1050. The normalized spacial score (nSPS) is 18.4. The van der Waals surface area contributed by atoms with Gasteiger partial charge in [-0.2, -0.15) is 31.4 Å². The summed E-state index contributed by atoms with van der Waals surface area (Å²) in [5.41, 5.74) is 0.483. The molecule has 4 rings (SSSR count). The number of carbonyl (C=O) groups is 2. The molecule has 2 aromatic rings. The van der Waals surface area contributed by atoms with Crippen molar-refractivity contribution in [2.45, 2.75) is 49.7 Å². The van der Waals surface area contributed by atoms with Crippen molar-refractivity contribution in [2.24, 2.45) is 0 Å². The summed E-state index contributed by atoms with van der Waals surface area (Å²) in [6, 6.07) is 9.17. The molecule has 1 spiro atoms. The van der Waals surface area contributed by atoms with Gasteiger partial charge in [-0.1, -0.05) is 18.2 Å². The lowest BCUT2D eigenvalue weighted by molar-refractivity contribution is -0.308. The number of hydrogen-bond acceptors (Lipinski definition) is 4. The Morgan fingerprint density at radius 1 is 0.943 bits per heavy atom. The number of piperidine rings is 1. The molecule has 0 aliphatic carbocycles. The molecule has 13 heteroatoms. The molecular formula is C22H22F6N4O3. The number of carbonyl (C=O) groups excluding carboxylic acids is 2. The number of hydrogen-bond donors (Lipinski definition) is 0. The van der Waals surface area contributed by atoms with E-state index in [0.29, 0.717) is 24.9 Å². The number of amides is 2. The Morgan fingerprint density at radius 3 is 2.17 bits per heavy atom. The Hall–Kier alpha value is -3.25. The van der Waals surface area contributed by atoms with Gasteiger partial charge in [-0.25, -0.2) is 9.48 Å². The summed E-state index contributed by atoms with van der Waals surface area (Å²) in [7, 11) is 0. The molecule has 2 amide bonds. The standard InChI is InChI=1S/C22H22F6N4O3/c23-21(24,25)18(22(26,27)28)35-19(34)30-11-8-20(9-12-30)7-4-10-31(20)17(33)15-13-29-32(14-15)16-5-2-1-3-6-16/h1-3,5-6,13-14,18H,4,7-12H2. The van der Waals surface area contributed by atoms with Gasteiger partial charge in [-0.15, -0.1) is 0 Å². The van der Waals surface area contributed by atoms with Crippen LogP contribution < -0.4 is 0 Å². The van der Waals surface area contributed by atoms with E-state index in [2.05, 4.69) is 9.84 Å². The monoisotopic (exact) mass is 504 g/mol. The molecule has 0 unspecified atom stereocenters. The largest absolute Gasteiger partial charge is 0.434 e. The molecule has 190 valence electrons. The van der Waals surface area contributed by atoms with Crippen molar-refractivity contribution in [2.75, 3.05) is 19.6 Å². The number of benzene rings is 1. The molecule has 0 bridgehead atoms. The third-order valence-electron chi connectivity index (χ3n) is 6.46. The zero-order valence-corrected chi connectivity index (χ0v) is 18.3. The van der Waals surface area contributed by atoms with Crippen molar-refractivity contribution >= 4 is 12.0 Å². The van der Waals surface area contributed by atoms with Gasteiger partial charge in [0.2, 0.25) is 0 Å². The molecule has 2 aliphatic rings. The van der Waals surface area contributed by atoms with E-state index < -0.39 is 30.1 Å². The van der Waals surface area contributed by atoms with Gasteiger partial charge in [0.15, 0.2) is 0 Å². The first-order valence-corrected chi connectivity index (χ1v) is 10.9. The van der Waals surface area contributed by atoms with Crippen LogP contribution in [0.25, 0.3) is 5.69 Å². The SMILES string of the molecule is O=C(OC(C(F)(F)F)C(F)(F)F)N1CCC2(CCCN2C(=O)c2cnn(-c3ccccc3)c2)CC1. The molecule has 1 aromatic carbocycles. The molecule has 2 aliphatic heterocycles. The number of aromatic nitrogens is 2. The van der Waals surface area contributed by atoms with E-state index in [1.165, 1.54) is 6.20 Å². The van der Waals surface area contributed by atoms with E-state index in [1.807, 2.05) is 30.3 Å². The fourth-order valence-electron chi connectivity index (χ4n) is 4.69. The maximum atomic E-state index is 13.3. The third-order valence-corrected chi connectivity index (χ3v) is 6.46. The highest BCUT2D eigenvalue weighted by Crippen LogP contribution is 2.40. The number of rotatable bonds is 3. The van der Waals surface area contributed by atoms with Crippen LogP contribution in [0.1, 0.15) is 36.0 Å². The van der Waals surface area contributed by atoms with Crippen LogP contribution in [-0.4, -0.2) is 75.2 Å². The van der Waals surface area contributed by atoms with Crippen LogP contribution >= 0.6 is 0 Å². The summed E-state index contributed by atoms with van der Waals surface area (Å²) in [5.74, 6) is -0.269. The summed E-state index contributed by atoms with van der Waals surface area (Å²) in [4.78, 5) is 27.9. The van der Waals surface area contributed by atoms with Gasteiger partial charge >= 0.3 is 18.4 Å². The van der Waals surface area contributed by atoms with Crippen LogP contribution in [0.15, 0.2) is 42.7 Å². The van der Waals surface area contributed by atoms with Crippen LogP contribution in [0.3, 0.4) is 0 Å². The first-order valence-electron chi connectivity index (χ1n) is 10.9. The van der Waals surface area contributed by atoms with Gasteiger partial charge in [0.05, 0.1) is 17.4 Å². The lowest BCUT2D eigenvalue weighted by Gasteiger charge is -2.44. The minimum atomic E-state index is -5.77. The van der Waals surface area contributed by atoms with Gasteiger partial charge in [0, 0.05) is 31.4 Å². The summed E-state index contributed by atoms with van der Waals surface area (Å²) in [5, 5.41) is 4.23. The molecule has 0 atom stereocenters. The second-order valence-electron chi connectivity index (χ2n) is 8.63. The fraction of sp³-hybridized carbons (Fsp3) is 0.500. The first-order chi connectivity index (χ1) is 16.4. The Balaban J connectivity index is 1.42. The minimum absolute atomic E-state index is 0.131. The zero-order chi connectivity index (χ0) is 25.4. The number of halogens is 6. The molecule has 35 heavy (non-hydrogen) atoms. The van der Waals surface area contributed by atoms with Gasteiger partial charge in [0.25, 0.3) is 12.0 Å². The smallest absolute Gasteiger partial charge is 0.426 e. The van der Waals surface area contributed by atoms with Crippen molar-refractivity contribution in [3.8, 4) is 5.69 Å². The molecule has 0 N–H and O–H groups in total. The van der Waals surface area contributed by atoms with Crippen molar-refractivity contribution in [3.05, 3.63) is 48.3 Å². The van der Waals surface area contributed by atoms with Gasteiger partial charge in [0.1, 0.15) is 0 Å². The van der Waals surface area contributed by atoms with Crippen LogP contribution in [0, 0.1) is 0 Å². The predicted molar refractivity (Wildman–Crippen MR) is 110 cm³/mol. The van der Waals surface area contributed by atoms with E-state index in [0.717, 1.165) is 10.6 Å². The van der Waals surface area contributed by atoms with Gasteiger partial charge in [-0.3, -0.25) is 4.79 Å². The molecule has 7 nitrogen and oxygen atoms in total. The van der Waals surface area contributed by atoms with E-state index in [-0.39, 0.29) is 31.8 Å². The maximum absolute atomic E-state index is 13.3. The van der Waals surface area contributed by atoms with Crippen LogP contribution in [0.2, 0.25) is 0 Å². The third kappa shape index (κ3) is 5.08. The fourth-order valence-corrected chi connectivity index (χ4v) is 4.69. The Morgan fingerprint density at radius 2 is 1.57 bits per heavy atom. The minimum Gasteiger partial charge on any atom is -0.426 e. The summed E-state index contributed by atoms with van der Waals surface area (Å²) in [6.07, 6.45) is -12.6. The maximum Gasteiger partial charge on any atom is 0.434 e. The lowest BCUT2D eigenvalue weighted by Crippen LogP contribution is -2.56. The van der Waals surface area contributed by atoms with Gasteiger partial charge < -0.3 is 14.5 Å². The number of para-hydroxylation sites is 1. The highest BCUT2D eigenvalue weighted by atomic mass is 19.4. The highest BCUT2D eigenvalue weighted by molar-refractivity contribution is 5.94. The predicted octanol–water partition coefficient (Wildman–Crippen LogP) is 4.57. The molecular weight excluding hydrogens is 482 g/mol. The van der Waals surface area contributed by atoms with Crippen LogP contribution in [0.4, 0.5) is 31.1 Å². The van der Waals surface area contributed by atoms with E-state index in [4.69, 9.17) is 0 Å². The Kier molecular flexibility index (Phi) is 6.45. The molecule has 2 fully saturated rings. The number of nitrogens with zero attached hydrogens (tertiary/aromatic N) is 4. The van der Waals surface area contributed by atoms with Crippen molar-refractivity contribution in [1.82, 2.24) is 19.6 Å². The second kappa shape index (κ2) is 9.08. The molecule has 0 saturated carbocycles. The summed E-state index contributed by atoms with van der Waals surface area (Å²) in [6.45, 7) is 0.187. The summed E-state index contributed by atoms with van der Waals surface area (Å²) < 4.78 is 81.7. The average Bonchev–Trinajstić information content (AvgIpc) is 3.44. The van der Waals surface area contributed by atoms with E-state index >= 15 is 0 Å². The average molecular weight is 504 g/mol. The number of ether oxygens (including phenoxy) is 1. The van der Waals surface area contributed by atoms with Crippen molar-refractivity contribution < 1.29 is 40.7 Å². The highest BCUT2D eigenvalue weighted by Gasteiger charge is 2.60. The second-order valence-corrected chi connectivity index (χ2v) is 8.63. The van der Waals surface area contributed by atoms with E-state index in [1.54, 1.807) is 15.8 Å². The quantitative estimate of drug-likeness (QED) is 0.575. The zero-order valence-electron chi connectivity index (χ0n) is 18.3. The summed E-state index contributed by atoms with van der Waals surface area (Å²) >= 11 is 0. The number of likely N-dealkylation sites (tertiary alicyclic amines) is 2. The van der Waals surface area contributed by atoms with E-state index in [9.17, 15) is 35.9 Å². The molecule has 2 saturated heterocycles. The lowest BCUT2D eigenvalue weighted by atomic mass is 9.85. The topological polar surface area (TPSA) is 67.7 Å². The number of alkyl halides is 6. The first kappa shape index (κ1) is 24.9. The van der Waals surface area contributed by atoms with Crippen LogP contribution in [-0.2, 0) is 4.74 Å². The van der Waals surface area contributed by atoms with Crippen LogP contribution in [0.5, 0.6) is 0 Å². The molecule has 0 radical (unpaired) electrons.